The van der Waals surface area contributed by atoms with E-state index in [1.54, 1.807) is 0 Å². The van der Waals surface area contributed by atoms with E-state index in [0.29, 0.717) is 0 Å². The number of aromatic nitrogens is 2. The smallest absolute Gasteiger partial charge is 0.280 e. The largest absolute Gasteiger partial charge is 0.485 e. The summed E-state index contributed by atoms with van der Waals surface area (Å²) >= 11 is 0. The normalized spacial score (nSPS) is 11.1. The number of rotatable bonds is 15. The highest BCUT2D eigenvalue weighted by molar-refractivity contribution is 5.76. The van der Waals surface area contributed by atoms with Gasteiger partial charge < -0.3 is 4.74 Å². The number of benzene rings is 2. The van der Waals surface area contributed by atoms with Gasteiger partial charge in [-0.15, -0.1) is 4.68 Å². The second-order valence-electron chi connectivity index (χ2n) is 9.19. The Hall–Kier alpha value is -2.55. The van der Waals surface area contributed by atoms with Gasteiger partial charge in [0.1, 0.15) is 0 Å². The van der Waals surface area contributed by atoms with Gasteiger partial charge >= 0.3 is 0 Å². The van der Waals surface area contributed by atoms with Crippen LogP contribution in [-0.2, 0) is 14.1 Å². The Kier molecular flexibility index (Phi) is 10.5. The maximum absolute atomic E-state index is 6.52. The number of nitrogens with zero attached hydrogens (tertiary/aromatic N) is 2. The summed E-state index contributed by atoms with van der Waals surface area (Å²) in [6, 6.07) is 21.2. The van der Waals surface area contributed by atoms with Gasteiger partial charge in [-0.05, 0) is 18.6 Å². The van der Waals surface area contributed by atoms with Gasteiger partial charge in [-0.3, -0.25) is 0 Å². The van der Waals surface area contributed by atoms with Gasteiger partial charge in [-0.1, -0.05) is 120 Å². The Bertz CT molecular complexity index is 868. The van der Waals surface area contributed by atoms with Crippen LogP contribution < -0.4 is 9.42 Å². The average molecular weight is 448 g/mol. The van der Waals surface area contributed by atoms with Gasteiger partial charge in [0.25, 0.3) is 5.69 Å². The highest BCUT2D eigenvalue weighted by Gasteiger charge is 2.29. The zero-order valence-electron chi connectivity index (χ0n) is 21.1. The van der Waals surface area contributed by atoms with Crippen LogP contribution in [0.5, 0.6) is 5.75 Å². The second-order valence-corrected chi connectivity index (χ2v) is 9.19. The van der Waals surface area contributed by atoms with Crippen LogP contribution in [0.1, 0.15) is 77.6 Å². The molecular weight excluding hydrogens is 404 g/mol. The van der Waals surface area contributed by atoms with Crippen molar-refractivity contribution in [2.75, 3.05) is 6.61 Å². The molecule has 0 saturated carbocycles. The second kappa shape index (κ2) is 13.9. The minimum Gasteiger partial charge on any atom is -0.485 e. The Labute approximate surface area is 201 Å². The van der Waals surface area contributed by atoms with E-state index < -0.39 is 0 Å². The number of unbranched alkanes of at least 4 members (excludes halogenated alkanes) is 10. The summed E-state index contributed by atoms with van der Waals surface area (Å²) in [5.41, 5.74) is 4.65. The summed E-state index contributed by atoms with van der Waals surface area (Å²) in [6.07, 6.45) is 14.8. The van der Waals surface area contributed by atoms with Crippen molar-refractivity contribution in [2.24, 2.45) is 14.1 Å². The summed E-state index contributed by atoms with van der Waals surface area (Å²) in [5, 5.41) is 0. The van der Waals surface area contributed by atoms with Crippen molar-refractivity contribution in [3.63, 3.8) is 0 Å². The average Bonchev–Trinajstić information content (AvgIpc) is 3.10. The summed E-state index contributed by atoms with van der Waals surface area (Å²) in [6.45, 7) is 3.05. The predicted octanol–water partition coefficient (Wildman–Crippen LogP) is 7.87. The topological polar surface area (TPSA) is 18.0 Å². The van der Waals surface area contributed by atoms with E-state index in [9.17, 15) is 0 Å². The molecule has 0 amide bonds. The molecule has 3 rings (SSSR count). The van der Waals surface area contributed by atoms with E-state index in [4.69, 9.17) is 4.74 Å². The third kappa shape index (κ3) is 7.22. The fraction of sp³-hybridized carbons (Fsp3) is 0.500. The molecule has 0 unspecified atom stereocenters. The van der Waals surface area contributed by atoms with Crippen LogP contribution in [0.2, 0.25) is 0 Å². The third-order valence-corrected chi connectivity index (χ3v) is 6.62. The molecule has 0 fully saturated rings. The molecule has 0 saturated heterocycles. The molecule has 0 spiro atoms. The molecule has 3 heteroatoms. The zero-order valence-corrected chi connectivity index (χ0v) is 21.1. The molecule has 1 aromatic heterocycles. The standard InChI is InChI=1S/C30H43N2O/c1-4-5-6-7-8-9-10-11-12-13-20-25-33-30-28(26-21-16-14-17-22-26)31(2)32(3)29(30)27-23-18-15-19-24-27/h14-19,21-24H,4-13,20,25H2,1-3H3/q+1. The van der Waals surface area contributed by atoms with Crippen molar-refractivity contribution >= 4 is 0 Å². The van der Waals surface area contributed by atoms with E-state index in [1.807, 2.05) is 0 Å². The molecule has 0 aliphatic heterocycles. The summed E-state index contributed by atoms with van der Waals surface area (Å²) in [7, 11) is 4.23. The molecule has 2 aromatic carbocycles. The summed E-state index contributed by atoms with van der Waals surface area (Å²) in [5.74, 6) is 0.990. The lowest BCUT2D eigenvalue weighted by atomic mass is 10.1. The Morgan fingerprint density at radius 3 is 1.70 bits per heavy atom. The summed E-state index contributed by atoms with van der Waals surface area (Å²) < 4.78 is 10.9. The van der Waals surface area contributed by atoms with Gasteiger partial charge in [-0.2, -0.15) is 4.68 Å². The highest BCUT2D eigenvalue weighted by Crippen LogP contribution is 2.37. The molecular formula is C30H43N2O+. The Morgan fingerprint density at radius 2 is 1.15 bits per heavy atom. The molecule has 178 valence electrons. The van der Waals surface area contributed by atoms with Gasteiger partial charge in [0.2, 0.25) is 5.75 Å². The lowest BCUT2D eigenvalue weighted by Crippen LogP contribution is -2.39. The molecule has 0 aliphatic rings. The van der Waals surface area contributed by atoms with E-state index >= 15 is 0 Å². The molecule has 0 aliphatic carbocycles. The fourth-order valence-corrected chi connectivity index (χ4v) is 4.61. The van der Waals surface area contributed by atoms with Crippen LogP contribution in [-0.4, -0.2) is 11.3 Å². The van der Waals surface area contributed by atoms with E-state index in [0.717, 1.165) is 30.2 Å². The first-order valence-corrected chi connectivity index (χ1v) is 13.1. The van der Waals surface area contributed by atoms with Gasteiger partial charge in [0.15, 0.2) is 12.7 Å². The SMILES string of the molecule is CCCCCCCCCCCCCOc1c(-c2ccccc2)n(C)[n+](C)c1-c1ccccc1. The first-order chi connectivity index (χ1) is 16.2. The predicted molar refractivity (Wildman–Crippen MR) is 139 cm³/mol. The van der Waals surface area contributed by atoms with Crippen molar-refractivity contribution in [2.45, 2.75) is 77.6 Å². The Morgan fingerprint density at radius 1 is 0.667 bits per heavy atom. The fourth-order valence-electron chi connectivity index (χ4n) is 4.61. The van der Waals surface area contributed by atoms with E-state index in [1.165, 1.54) is 75.3 Å². The molecule has 3 nitrogen and oxygen atoms in total. The first-order valence-electron chi connectivity index (χ1n) is 13.1. The lowest BCUT2D eigenvalue weighted by Gasteiger charge is -2.08. The minimum atomic E-state index is 0.765. The van der Waals surface area contributed by atoms with Crippen LogP contribution in [0.15, 0.2) is 60.7 Å². The van der Waals surface area contributed by atoms with Crippen LogP contribution in [0.3, 0.4) is 0 Å². The monoisotopic (exact) mass is 447 g/mol. The quantitative estimate of drug-likeness (QED) is 0.171. The van der Waals surface area contributed by atoms with Crippen LogP contribution in [0.25, 0.3) is 22.5 Å². The lowest BCUT2D eigenvalue weighted by molar-refractivity contribution is -0.740. The van der Waals surface area contributed by atoms with Crippen molar-refractivity contribution in [1.29, 1.82) is 0 Å². The van der Waals surface area contributed by atoms with Crippen molar-refractivity contribution in [3.05, 3.63) is 60.7 Å². The van der Waals surface area contributed by atoms with Crippen LogP contribution >= 0.6 is 0 Å². The zero-order chi connectivity index (χ0) is 23.3. The number of hydrogen-bond acceptors (Lipinski definition) is 1. The minimum absolute atomic E-state index is 0.765. The van der Waals surface area contributed by atoms with E-state index in [-0.39, 0.29) is 0 Å². The number of ether oxygens (including phenoxy) is 1. The maximum Gasteiger partial charge on any atom is 0.280 e. The molecule has 1 heterocycles. The maximum atomic E-state index is 6.52. The van der Waals surface area contributed by atoms with Gasteiger partial charge in [0, 0.05) is 5.56 Å². The summed E-state index contributed by atoms with van der Waals surface area (Å²) in [4.78, 5) is 0. The first kappa shape index (κ1) is 25.1. The van der Waals surface area contributed by atoms with Crippen LogP contribution in [0.4, 0.5) is 0 Å². The third-order valence-electron chi connectivity index (χ3n) is 6.62. The number of hydrogen-bond donors (Lipinski definition) is 0. The van der Waals surface area contributed by atoms with Crippen molar-refractivity contribution in [3.8, 4) is 28.3 Å². The molecule has 0 bridgehead atoms. The highest BCUT2D eigenvalue weighted by atomic mass is 16.5. The van der Waals surface area contributed by atoms with E-state index in [2.05, 4.69) is 91.0 Å². The Balaban J connectivity index is 1.57. The van der Waals surface area contributed by atoms with Gasteiger partial charge in [0.05, 0.1) is 19.2 Å². The van der Waals surface area contributed by atoms with Crippen molar-refractivity contribution in [1.82, 2.24) is 4.68 Å². The molecule has 0 N–H and O–H groups in total. The van der Waals surface area contributed by atoms with Crippen LogP contribution in [0, 0.1) is 0 Å². The molecule has 0 radical (unpaired) electrons. The molecule has 0 atom stereocenters. The molecule has 3 aromatic rings. The van der Waals surface area contributed by atoms with Gasteiger partial charge in [-0.25, -0.2) is 0 Å². The van der Waals surface area contributed by atoms with Crippen molar-refractivity contribution < 1.29 is 9.42 Å². The molecule has 33 heavy (non-hydrogen) atoms.